The van der Waals surface area contributed by atoms with Crippen LogP contribution in [0, 0.1) is 11.3 Å². The molecule has 30 heavy (non-hydrogen) atoms. The minimum atomic E-state index is -4.46. The van der Waals surface area contributed by atoms with Gasteiger partial charge in [0.05, 0.1) is 17.3 Å². The average molecular weight is 421 g/mol. The highest BCUT2D eigenvalue weighted by atomic mass is 19.4. The zero-order chi connectivity index (χ0) is 22.3. The zero-order valence-electron chi connectivity index (χ0n) is 18.3. The second-order valence-electron chi connectivity index (χ2n) is 9.55. The van der Waals surface area contributed by atoms with E-state index in [1.165, 1.54) is 22.7 Å². The lowest BCUT2D eigenvalue weighted by atomic mass is 9.68. The lowest BCUT2D eigenvalue weighted by Crippen LogP contribution is -2.40. The highest BCUT2D eigenvalue weighted by Gasteiger charge is 2.41. The minimum Gasteiger partial charge on any atom is -0.370 e. The summed E-state index contributed by atoms with van der Waals surface area (Å²) in [6, 6.07) is 4.87. The summed E-state index contributed by atoms with van der Waals surface area (Å²) < 4.78 is 40.8. The summed E-state index contributed by atoms with van der Waals surface area (Å²) in [5.74, 6) is 0.256. The topological polar surface area (TPSA) is 35.8 Å². The van der Waals surface area contributed by atoms with Gasteiger partial charge in [-0.2, -0.15) is 18.3 Å². The van der Waals surface area contributed by atoms with Gasteiger partial charge < -0.3 is 5.11 Å². The smallest absolute Gasteiger partial charge is 0.370 e. The number of allylic oxidation sites excluding steroid dienone is 4. The number of hydrogen-bond donors (Lipinski definition) is 1. The molecule has 1 N–H and O–H groups in total. The van der Waals surface area contributed by atoms with Crippen molar-refractivity contribution >= 4 is 5.71 Å². The van der Waals surface area contributed by atoms with Crippen LogP contribution in [0.4, 0.5) is 13.2 Å². The third-order valence-corrected chi connectivity index (χ3v) is 6.19. The minimum absolute atomic E-state index is 0.118. The molecule has 164 valence electrons. The number of nitrogens with zero attached hydrogens (tertiary/aromatic N) is 2. The largest absolute Gasteiger partial charge is 0.416 e. The summed E-state index contributed by atoms with van der Waals surface area (Å²) >= 11 is 0. The molecule has 0 aromatic heterocycles. The van der Waals surface area contributed by atoms with E-state index in [9.17, 15) is 18.3 Å². The van der Waals surface area contributed by atoms with E-state index >= 15 is 0 Å². The Hall–Kier alpha value is -2.08. The molecule has 1 aliphatic carbocycles. The molecule has 3 rings (SSSR count). The number of hydrazone groups is 1. The van der Waals surface area contributed by atoms with E-state index in [1.807, 2.05) is 6.08 Å². The Bertz CT molecular complexity index is 875. The monoisotopic (exact) mass is 420 g/mol. The molecule has 0 bridgehead atoms. The fourth-order valence-electron chi connectivity index (χ4n) is 4.62. The molecule has 0 spiro atoms. The molecule has 1 aliphatic heterocycles. The van der Waals surface area contributed by atoms with Crippen molar-refractivity contribution in [2.45, 2.75) is 71.8 Å². The van der Waals surface area contributed by atoms with Crippen LogP contribution in [0.1, 0.15) is 71.0 Å². The van der Waals surface area contributed by atoms with Gasteiger partial charge in [0.15, 0.2) is 0 Å². The SMILES string of the molecule is CC1=CCCC(C)(C)C1C=CC1=NN(C(C)(C)O)C(c2ccccc2C(F)(F)F)C1. The summed E-state index contributed by atoms with van der Waals surface area (Å²) in [6.07, 6.45) is 4.28. The predicted octanol–water partition coefficient (Wildman–Crippen LogP) is 6.48. The van der Waals surface area contributed by atoms with E-state index in [0.717, 1.165) is 18.9 Å². The third-order valence-electron chi connectivity index (χ3n) is 6.19. The zero-order valence-corrected chi connectivity index (χ0v) is 18.3. The Balaban J connectivity index is 1.94. The number of aliphatic hydroxyl groups is 1. The van der Waals surface area contributed by atoms with E-state index in [-0.39, 0.29) is 16.9 Å². The van der Waals surface area contributed by atoms with Crippen LogP contribution < -0.4 is 0 Å². The first-order valence-electron chi connectivity index (χ1n) is 10.4. The van der Waals surface area contributed by atoms with E-state index in [0.29, 0.717) is 12.1 Å². The molecular weight excluding hydrogens is 389 g/mol. The van der Waals surface area contributed by atoms with Crippen LogP contribution in [-0.4, -0.2) is 21.6 Å². The van der Waals surface area contributed by atoms with Gasteiger partial charge >= 0.3 is 6.18 Å². The first-order valence-corrected chi connectivity index (χ1v) is 10.4. The maximum atomic E-state index is 13.6. The summed E-state index contributed by atoms with van der Waals surface area (Å²) in [6.45, 7) is 9.69. The van der Waals surface area contributed by atoms with Crippen molar-refractivity contribution in [1.29, 1.82) is 0 Å². The number of hydrogen-bond acceptors (Lipinski definition) is 3. The van der Waals surface area contributed by atoms with Crippen molar-refractivity contribution < 1.29 is 18.3 Å². The molecule has 0 saturated heterocycles. The highest BCUT2D eigenvalue weighted by molar-refractivity contribution is 5.96. The van der Waals surface area contributed by atoms with Crippen molar-refractivity contribution in [3.63, 3.8) is 0 Å². The maximum Gasteiger partial charge on any atom is 0.416 e. The van der Waals surface area contributed by atoms with E-state index < -0.39 is 23.5 Å². The molecule has 2 unspecified atom stereocenters. The van der Waals surface area contributed by atoms with Gasteiger partial charge in [-0.1, -0.05) is 49.8 Å². The molecule has 1 aromatic carbocycles. The van der Waals surface area contributed by atoms with E-state index in [2.05, 4.69) is 38.0 Å². The molecule has 2 aliphatic rings. The normalized spacial score (nSPS) is 24.9. The van der Waals surface area contributed by atoms with Gasteiger partial charge in [0.2, 0.25) is 0 Å². The molecule has 6 heteroatoms. The standard InChI is InChI=1S/C24H31F3N2O/c1-16-9-8-14-22(2,3)19(16)13-12-17-15-21(29(28-17)23(4,5)30)18-10-6-7-11-20(18)24(25,26)27/h6-7,9-13,19,21,30H,8,14-15H2,1-5H3. The van der Waals surface area contributed by atoms with E-state index in [4.69, 9.17) is 0 Å². The summed E-state index contributed by atoms with van der Waals surface area (Å²) in [4.78, 5) is 0. The molecule has 0 saturated carbocycles. The fourth-order valence-corrected chi connectivity index (χ4v) is 4.62. The number of halogens is 3. The van der Waals surface area contributed by atoms with Crippen LogP contribution in [0.5, 0.6) is 0 Å². The van der Waals surface area contributed by atoms with Crippen molar-refractivity contribution in [3.8, 4) is 0 Å². The van der Waals surface area contributed by atoms with Gasteiger partial charge in [0.25, 0.3) is 0 Å². The van der Waals surface area contributed by atoms with Crippen molar-refractivity contribution in [1.82, 2.24) is 5.01 Å². The average Bonchev–Trinajstić information content (AvgIpc) is 3.04. The molecule has 1 aromatic rings. The van der Waals surface area contributed by atoms with Crippen molar-refractivity contribution in [2.24, 2.45) is 16.4 Å². The number of alkyl halides is 3. The number of benzene rings is 1. The van der Waals surface area contributed by atoms with Gasteiger partial charge in [-0.05, 0) is 56.7 Å². The summed E-state index contributed by atoms with van der Waals surface area (Å²) in [5.41, 5.74) is 0.156. The molecule has 3 nitrogen and oxygen atoms in total. The van der Waals surface area contributed by atoms with Crippen molar-refractivity contribution in [2.75, 3.05) is 0 Å². The molecule has 0 fully saturated rings. The van der Waals surface area contributed by atoms with Gasteiger partial charge in [-0.25, -0.2) is 0 Å². The maximum absolute atomic E-state index is 13.6. The molecule has 1 heterocycles. The molecular formula is C24H31F3N2O. The fraction of sp³-hybridized carbons (Fsp3) is 0.542. The van der Waals surface area contributed by atoms with Crippen LogP contribution >= 0.6 is 0 Å². The van der Waals surface area contributed by atoms with Gasteiger partial charge in [-0.15, -0.1) is 0 Å². The second-order valence-corrected chi connectivity index (χ2v) is 9.55. The highest BCUT2D eigenvalue weighted by Crippen LogP contribution is 2.44. The number of rotatable bonds is 4. The molecule has 0 amide bonds. The van der Waals surface area contributed by atoms with Crippen LogP contribution in [0.3, 0.4) is 0 Å². The summed E-state index contributed by atoms with van der Waals surface area (Å²) in [5, 5.41) is 16.5. The van der Waals surface area contributed by atoms with Crippen LogP contribution in [-0.2, 0) is 6.18 Å². The second kappa shape index (κ2) is 7.88. The van der Waals surface area contributed by atoms with E-state index in [1.54, 1.807) is 19.9 Å². The van der Waals surface area contributed by atoms with Gasteiger partial charge in [0.1, 0.15) is 5.72 Å². The Kier molecular flexibility index (Phi) is 5.93. The first-order chi connectivity index (χ1) is 13.8. The van der Waals surface area contributed by atoms with Crippen molar-refractivity contribution in [3.05, 3.63) is 59.2 Å². The Labute approximate surface area is 177 Å². The Morgan fingerprint density at radius 1 is 1.20 bits per heavy atom. The Morgan fingerprint density at radius 2 is 1.87 bits per heavy atom. The van der Waals surface area contributed by atoms with Gasteiger partial charge in [0, 0.05) is 12.3 Å². The summed E-state index contributed by atoms with van der Waals surface area (Å²) in [7, 11) is 0. The Morgan fingerprint density at radius 3 is 2.47 bits per heavy atom. The molecule has 0 radical (unpaired) electrons. The van der Waals surface area contributed by atoms with Crippen LogP contribution in [0.2, 0.25) is 0 Å². The lowest BCUT2D eigenvalue weighted by Gasteiger charge is -2.36. The van der Waals surface area contributed by atoms with Gasteiger partial charge in [-0.3, -0.25) is 5.01 Å². The van der Waals surface area contributed by atoms with Crippen LogP contribution in [0.25, 0.3) is 0 Å². The predicted molar refractivity (Wildman–Crippen MR) is 114 cm³/mol. The third kappa shape index (κ3) is 4.64. The quantitative estimate of drug-likeness (QED) is 0.566. The van der Waals surface area contributed by atoms with Crippen LogP contribution in [0.15, 0.2) is 53.2 Å². The molecule has 2 atom stereocenters. The first kappa shape index (κ1) is 22.6. The lowest BCUT2D eigenvalue weighted by molar-refractivity contribution is -0.140.